The summed E-state index contributed by atoms with van der Waals surface area (Å²) in [7, 11) is 0. The van der Waals surface area contributed by atoms with Gasteiger partial charge in [0.25, 0.3) is 0 Å². The fourth-order valence-electron chi connectivity index (χ4n) is 0.695. The number of aryl methyl sites for hydroxylation is 1. The van der Waals surface area contributed by atoms with Crippen molar-refractivity contribution < 1.29 is 0 Å². The molecule has 1 heterocycles. The Balaban J connectivity index is 0.00000121. The minimum absolute atomic E-state index is 0. The number of nitrogens with two attached hydrogens (primary N) is 2. The molecule has 12 heavy (non-hydrogen) atoms. The zero-order valence-corrected chi connectivity index (χ0v) is 7.35. The van der Waals surface area contributed by atoms with Crippen molar-refractivity contribution in [3.63, 3.8) is 0 Å². The van der Waals surface area contributed by atoms with Gasteiger partial charge in [-0.15, -0.1) is 12.4 Å². The summed E-state index contributed by atoms with van der Waals surface area (Å²) in [6.07, 6.45) is 1.44. The number of hydrogen-bond donors (Lipinski definition) is 3. The summed E-state index contributed by atoms with van der Waals surface area (Å²) >= 11 is 0. The summed E-state index contributed by atoms with van der Waals surface area (Å²) in [5.41, 5.74) is 11.0. The second-order valence-electron chi connectivity index (χ2n) is 2.13. The van der Waals surface area contributed by atoms with Gasteiger partial charge in [-0.05, 0) is 6.92 Å². The molecule has 0 radical (unpaired) electrons. The summed E-state index contributed by atoms with van der Waals surface area (Å²) in [4.78, 5) is 7.69. The molecule has 6 heteroatoms. The molecule has 0 amide bonds. The van der Waals surface area contributed by atoms with Crippen LogP contribution in [-0.4, -0.2) is 15.8 Å². The number of anilines is 1. The van der Waals surface area contributed by atoms with Crippen LogP contribution >= 0.6 is 12.4 Å². The minimum atomic E-state index is -0.109. The summed E-state index contributed by atoms with van der Waals surface area (Å²) < 4.78 is 0. The van der Waals surface area contributed by atoms with E-state index in [1.807, 2.05) is 0 Å². The minimum Gasteiger partial charge on any atom is -0.384 e. The smallest absolute Gasteiger partial charge is 0.138 e. The predicted octanol–water partition coefficient (Wildman–Crippen LogP) is 0.0731. The lowest BCUT2D eigenvalue weighted by Crippen LogP contribution is -2.15. The van der Waals surface area contributed by atoms with Gasteiger partial charge < -0.3 is 11.5 Å². The first-order valence-electron chi connectivity index (χ1n) is 3.05. The van der Waals surface area contributed by atoms with Crippen molar-refractivity contribution >= 4 is 24.1 Å². The van der Waals surface area contributed by atoms with Crippen LogP contribution in [0.1, 0.15) is 11.4 Å². The molecule has 5 N–H and O–H groups in total. The summed E-state index contributed by atoms with van der Waals surface area (Å²) in [6, 6.07) is 0. The Labute approximate surface area is 76.1 Å². The van der Waals surface area contributed by atoms with Crippen LogP contribution in [0.5, 0.6) is 0 Å². The number of halogens is 1. The first kappa shape index (κ1) is 10.6. The second kappa shape index (κ2) is 3.87. The Morgan fingerprint density at radius 3 is 2.58 bits per heavy atom. The molecule has 0 spiro atoms. The number of amidine groups is 1. The molecule has 0 atom stereocenters. The van der Waals surface area contributed by atoms with Crippen LogP contribution in [0, 0.1) is 12.3 Å². The van der Waals surface area contributed by atoms with Gasteiger partial charge in [-0.3, -0.25) is 5.41 Å². The van der Waals surface area contributed by atoms with E-state index in [1.165, 1.54) is 6.20 Å². The molecule has 0 saturated heterocycles. The highest BCUT2D eigenvalue weighted by molar-refractivity contribution is 5.98. The number of nitrogens with zero attached hydrogens (tertiary/aromatic N) is 2. The molecule has 1 aromatic rings. The Morgan fingerprint density at radius 1 is 1.58 bits per heavy atom. The maximum Gasteiger partial charge on any atom is 0.138 e. The lowest BCUT2D eigenvalue weighted by molar-refractivity contribution is 1.05. The lowest BCUT2D eigenvalue weighted by Gasteiger charge is -2.01. The van der Waals surface area contributed by atoms with Crippen molar-refractivity contribution in [3.05, 3.63) is 17.6 Å². The van der Waals surface area contributed by atoms with Gasteiger partial charge in [0, 0.05) is 6.20 Å². The molecular weight excluding hydrogens is 178 g/mol. The average Bonchev–Trinajstić information content (AvgIpc) is 1.85. The molecule has 0 aromatic carbocycles. The number of hydrogen-bond acceptors (Lipinski definition) is 4. The molecule has 0 aliphatic heterocycles. The highest BCUT2D eigenvalue weighted by atomic mass is 35.5. The number of nitrogen functional groups attached to an aromatic ring is 2. The van der Waals surface area contributed by atoms with E-state index in [2.05, 4.69) is 9.97 Å². The quantitative estimate of drug-likeness (QED) is 0.428. The molecule has 0 aliphatic rings. The van der Waals surface area contributed by atoms with Crippen LogP contribution in [0.3, 0.4) is 0 Å². The van der Waals surface area contributed by atoms with Gasteiger partial charge in [0.1, 0.15) is 17.5 Å². The van der Waals surface area contributed by atoms with Gasteiger partial charge >= 0.3 is 0 Å². The first-order valence-corrected chi connectivity index (χ1v) is 3.05. The third-order valence-corrected chi connectivity index (χ3v) is 1.23. The fourth-order valence-corrected chi connectivity index (χ4v) is 0.695. The van der Waals surface area contributed by atoms with E-state index in [0.717, 1.165) is 0 Å². The Hall–Kier alpha value is -1.36. The van der Waals surface area contributed by atoms with Crippen LogP contribution in [0.15, 0.2) is 6.20 Å². The van der Waals surface area contributed by atoms with Crippen molar-refractivity contribution in [2.45, 2.75) is 6.92 Å². The monoisotopic (exact) mass is 187 g/mol. The first-order chi connectivity index (χ1) is 5.11. The van der Waals surface area contributed by atoms with E-state index in [1.54, 1.807) is 6.92 Å². The third kappa shape index (κ3) is 2.06. The zero-order valence-electron chi connectivity index (χ0n) is 6.53. The molecular formula is C6H10ClN5. The predicted molar refractivity (Wildman–Crippen MR) is 49.4 cm³/mol. The van der Waals surface area contributed by atoms with Gasteiger partial charge in [0.05, 0.1) is 5.56 Å². The molecule has 1 rings (SSSR count). The Bertz CT molecular complexity index is 298. The van der Waals surface area contributed by atoms with Gasteiger partial charge in [0.2, 0.25) is 0 Å². The molecule has 0 fully saturated rings. The second-order valence-corrected chi connectivity index (χ2v) is 2.13. The van der Waals surface area contributed by atoms with E-state index < -0.39 is 0 Å². The van der Waals surface area contributed by atoms with Crippen LogP contribution in [-0.2, 0) is 0 Å². The fraction of sp³-hybridized carbons (Fsp3) is 0.167. The van der Waals surface area contributed by atoms with E-state index in [4.69, 9.17) is 16.9 Å². The lowest BCUT2D eigenvalue weighted by atomic mass is 10.3. The van der Waals surface area contributed by atoms with Crippen LogP contribution < -0.4 is 11.5 Å². The van der Waals surface area contributed by atoms with Crippen molar-refractivity contribution in [1.29, 1.82) is 5.41 Å². The van der Waals surface area contributed by atoms with Gasteiger partial charge in [0.15, 0.2) is 0 Å². The molecule has 0 aliphatic carbocycles. The molecule has 66 valence electrons. The Morgan fingerprint density at radius 2 is 2.17 bits per heavy atom. The number of nitrogens with one attached hydrogen (secondary N) is 1. The maximum absolute atomic E-state index is 7.06. The highest BCUT2D eigenvalue weighted by Crippen LogP contribution is 2.04. The number of rotatable bonds is 1. The van der Waals surface area contributed by atoms with Crippen LogP contribution in [0.4, 0.5) is 5.82 Å². The maximum atomic E-state index is 7.06. The largest absolute Gasteiger partial charge is 0.384 e. The zero-order chi connectivity index (χ0) is 8.43. The summed E-state index contributed by atoms with van der Waals surface area (Å²) in [5, 5.41) is 7.06. The number of aromatic nitrogens is 2. The van der Waals surface area contributed by atoms with Crippen molar-refractivity contribution in [2.75, 3.05) is 5.73 Å². The van der Waals surface area contributed by atoms with Crippen molar-refractivity contribution in [2.24, 2.45) is 5.73 Å². The van der Waals surface area contributed by atoms with Gasteiger partial charge in [-0.2, -0.15) is 0 Å². The van der Waals surface area contributed by atoms with E-state index in [9.17, 15) is 0 Å². The van der Waals surface area contributed by atoms with Crippen molar-refractivity contribution in [3.8, 4) is 0 Å². The summed E-state index contributed by atoms with van der Waals surface area (Å²) in [5.74, 6) is 0.722. The SMILES string of the molecule is Cc1ncc(C(=N)N)c(N)n1.Cl. The van der Waals surface area contributed by atoms with Crippen LogP contribution in [0.2, 0.25) is 0 Å². The van der Waals surface area contributed by atoms with E-state index in [0.29, 0.717) is 11.4 Å². The van der Waals surface area contributed by atoms with Gasteiger partial charge in [-0.1, -0.05) is 0 Å². The molecule has 1 aromatic heterocycles. The normalized spacial score (nSPS) is 8.75. The molecule has 0 unspecified atom stereocenters. The van der Waals surface area contributed by atoms with E-state index >= 15 is 0 Å². The molecule has 5 nitrogen and oxygen atoms in total. The Kier molecular flexibility index (Phi) is 3.43. The average molecular weight is 188 g/mol. The summed E-state index contributed by atoms with van der Waals surface area (Å²) in [6.45, 7) is 1.72. The highest BCUT2D eigenvalue weighted by Gasteiger charge is 2.03. The molecule has 0 bridgehead atoms. The topological polar surface area (TPSA) is 102 Å². The van der Waals surface area contributed by atoms with Crippen LogP contribution in [0.25, 0.3) is 0 Å². The standard InChI is InChI=1S/C6H9N5.ClH/c1-3-10-2-4(5(7)8)6(9)11-3;/h2H,1H3,(H3,7,8)(H2,9,10,11);1H. The third-order valence-electron chi connectivity index (χ3n) is 1.23. The van der Waals surface area contributed by atoms with Gasteiger partial charge in [-0.25, -0.2) is 9.97 Å². The molecule has 0 saturated carbocycles. The van der Waals surface area contributed by atoms with Crippen molar-refractivity contribution in [1.82, 2.24) is 9.97 Å². The van der Waals surface area contributed by atoms with E-state index in [-0.39, 0.29) is 24.1 Å².